The van der Waals surface area contributed by atoms with Crippen LogP contribution in [0.1, 0.15) is 32.8 Å². The molecule has 2 nitrogen and oxygen atoms in total. The molecule has 0 aromatic heterocycles. The smallest absolute Gasteiger partial charge is 0.143 e. The molecule has 0 radical (unpaired) electrons. The molecule has 5 heteroatoms. The van der Waals surface area contributed by atoms with Gasteiger partial charge in [-0.1, -0.05) is 13.8 Å². The first-order chi connectivity index (χ1) is 9.23. The van der Waals surface area contributed by atoms with E-state index in [1.165, 1.54) is 12.1 Å². The Hall–Kier alpha value is -0.520. The normalized spacial score (nSPS) is 14.6. The van der Waals surface area contributed by atoms with Gasteiger partial charge in [0, 0.05) is 12.0 Å². The van der Waals surface area contributed by atoms with E-state index >= 15 is 0 Å². The summed E-state index contributed by atoms with van der Waals surface area (Å²) in [5.74, 6) is -0.735. The summed E-state index contributed by atoms with van der Waals surface area (Å²) in [4.78, 5) is 0. The summed E-state index contributed by atoms with van der Waals surface area (Å²) in [6.45, 7) is 7.26. The van der Waals surface area contributed by atoms with Gasteiger partial charge < -0.3 is 10.4 Å². The first-order valence-electron chi connectivity index (χ1n) is 6.78. The second-order valence-electron chi connectivity index (χ2n) is 5.84. The van der Waals surface area contributed by atoms with E-state index < -0.39 is 17.2 Å². The van der Waals surface area contributed by atoms with Crippen molar-refractivity contribution >= 4 is 15.9 Å². The largest absolute Gasteiger partial charge is 0.390 e. The Morgan fingerprint density at radius 2 is 2.00 bits per heavy atom. The van der Waals surface area contributed by atoms with Gasteiger partial charge in [-0.2, -0.15) is 0 Å². The van der Waals surface area contributed by atoms with Crippen LogP contribution in [0.5, 0.6) is 0 Å². The monoisotopic (exact) mass is 349 g/mol. The van der Waals surface area contributed by atoms with Crippen molar-refractivity contribution in [2.45, 2.75) is 39.2 Å². The van der Waals surface area contributed by atoms with E-state index in [-0.39, 0.29) is 16.5 Å². The minimum absolute atomic E-state index is 0.0481. The van der Waals surface area contributed by atoms with Gasteiger partial charge in [0.25, 0.3) is 0 Å². The summed E-state index contributed by atoms with van der Waals surface area (Å²) < 4.78 is 27.8. The lowest BCUT2D eigenvalue weighted by atomic mass is 9.92. The average Bonchev–Trinajstić information content (AvgIpc) is 2.35. The van der Waals surface area contributed by atoms with Gasteiger partial charge in [-0.3, -0.25) is 0 Å². The van der Waals surface area contributed by atoms with Crippen molar-refractivity contribution in [3.8, 4) is 0 Å². The molecular formula is C15H22BrF2NO. The topological polar surface area (TPSA) is 32.3 Å². The number of hydrogen-bond acceptors (Lipinski definition) is 2. The zero-order valence-electron chi connectivity index (χ0n) is 12.1. The molecule has 0 bridgehead atoms. The van der Waals surface area contributed by atoms with Gasteiger partial charge in [-0.25, -0.2) is 8.78 Å². The first-order valence-corrected chi connectivity index (χ1v) is 7.57. The van der Waals surface area contributed by atoms with Gasteiger partial charge in [-0.05, 0) is 60.4 Å². The van der Waals surface area contributed by atoms with E-state index in [4.69, 9.17) is 0 Å². The van der Waals surface area contributed by atoms with Gasteiger partial charge in [0.05, 0.1) is 10.1 Å². The van der Waals surface area contributed by atoms with Gasteiger partial charge >= 0.3 is 0 Å². The molecule has 1 unspecified atom stereocenters. The molecule has 0 saturated heterocycles. The molecule has 0 heterocycles. The number of rotatable bonds is 7. The molecule has 1 aromatic carbocycles. The Morgan fingerprint density at radius 3 is 2.60 bits per heavy atom. The van der Waals surface area contributed by atoms with Crippen LogP contribution in [0.15, 0.2) is 16.6 Å². The van der Waals surface area contributed by atoms with Gasteiger partial charge in [0.1, 0.15) is 11.6 Å². The molecule has 0 spiro atoms. The predicted molar refractivity (Wildman–Crippen MR) is 80.7 cm³/mol. The van der Waals surface area contributed by atoms with Crippen molar-refractivity contribution in [2.24, 2.45) is 5.92 Å². The SMILES string of the molecule is CC(C)CNCCC(C)(O)Cc1c(F)ccc(Br)c1F. The molecule has 0 amide bonds. The summed E-state index contributed by atoms with van der Waals surface area (Å²) >= 11 is 3.03. The quantitative estimate of drug-likeness (QED) is 0.581. The first kappa shape index (κ1) is 17.5. The van der Waals surface area contributed by atoms with Crippen LogP contribution < -0.4 is 5.32 Å². The van der Waals surface area contributed by atoms with Crippen molar-refractivity contribution in [3.05, 3.63) is 33.8 Å². The zero-order valence-corrected chi connectivity index (χ0v) is 13.7. The Balaban J connectivity index is 2.64. The number of benzene rings is 1. The third-order valence-electron chi connectivity index (χ3n) is 3.09. The van der Waals surface area contributed by atoms with Gasteiger partial charge in [0.15, 0.2) is 0 Å². The predicted octanol–water partition coefficient (Wildman–Crippen LogP) is 3.66. The Morgan fingerprint density at radius 1 is 1.35 bits per heavy atom. The van der Waals surface area contributed by atoms with Crippen molar-refractivity contribution in [2.75, 3.05) is 13.1 Å². The van der Waals surface area contributed by atoms with E-state index in [1.54, 1.807) is 6.92 Å². The second-order valence-corrected chi connectivity index (χ2v) is 6.70. The summed E-state index contributed by atoms with van der Waals surface area (Å²) in [7, 11) is 0. The molecule has 0 aliphatic carbocycles. The van der Waals surface area contributed by atoms with Crippen molar-refractivity contribution < 1.29 is 13.9 Å². The van der Waals surface area contributed by atoms with Crippen LogP contribution in [0.2, 0.25) is 0 Å². The van der Waals surface area contributed by atoms with Crippen molar-refractivity contribution in [1.82, 2.24) is 5.32 Å². The molecule has 0 aliphatic heterocycles. The summed E-state index contributed by atoms with van der Waals surface area (Å²) in [5, 5.41) is 13.5. The fraction of sp³-hybridized carbons (Fsp3) is 0.600. The lowest BCUT2D eigenvalue weighted by Crippen LogP contribution is -2.34. The maximum Gasteiger partial charge on any atom is 0.143 e. The van der Waals surface area contributed by atoms with Crippen LogP contribution >= 0.6 is 15.9 Å². The highest BCUT2D eigenvalue weighted by Gasteiger charge is 2.25. The molecule has 1 atom stereocenters. The fourth-order valence-corrected chi connectivity index (χ4v) is 2.32. The Bertz CT molecular complexity index is 450. The van der Waals surface area contributed by atoms with E-state index in [1.807, 2.05) is 0 Å². The maximum atomic E-state index is 13.9. The molecule has 20 heavy (non-hydrogen) atoms. The number of nitrogens with one attached hydrogen (secondary N) is 1. The molecule has 1 aromatic rings. The minimum Gasteiger partial charge on any atom is -0.390 e. The van der Waals surface area contributed by atoms with Crippen molar-refractivity contribution in [1.29, 1.82) is 0 Å². The summed E-state index contributed by atoms with van der Waals surface area (Å²) in [6, 6.07) is 2.53. The molecule has 0 saturated carbocycles. The standard InChI is InChI=1S/C15H22BrF2NO/c1-10(2)9-19-7-6-15(3,20)8-11-13(17)5-4-12(16)14(11)18/h4-5,10,19-20H,6-9H2,1-3H3. The number of halogens is 3. The lowest BCUT2D eigenvalue weighted by Gasteiger charge is -2.24. The van der Waals surface area contributed by atoms with Crippen molar-refractivity contribution in [3.63, 3.8) is 0 Å². The number of hydrogen-bond donors (Lipinski definition) is 2. The highest BCUT2D eigenvalue weighted by Crippen LogP contribution is 2.26. The Labute approximate surface area is 127 Å². The molecule has 1 rings (SSSR count). The Kier molecular flexibility index (Phi) is 6.55. The maximum absolute atomic E-state index is 13.9. The molecule has 0 fully saturated rings. The van der Waals surface area contributed by atoms with Crippen LogP contribution in [0.25, 0.3) is 0 Å². The minimum atomic E-state index is -1.15. The molecule has 2 N–H and O–H groups in total. The highest BCUT2D eigenvalue weighted by atomic mass is 79.9. The third kappa shape index (κ3) is 5.46. The van der Waals surface area contributed by atoms with E-state index in [0.29, 0.717) is 18.9 Å². The summed E-state index contributed by atoms with van der Waals surface area (Å²) in [6.07, 6.45) is 0.387. The van der Waals surface area contributed by atoms with E-state index in [9.17, 15) is 13.9 Å². The van der Waals surface area contributed by atoms with Crippen LogP contribution in [0, 0.1) is 17.6 Å². The average molecular weight is 350 g/mol. The van der Waals surface area contributed by atoms with E-state index in [0.717, 1.165) is 6.54 Å². The van der Waals surface area contributed by atoms with E-state index in [2.05, 4.69) is 35.1 Å². The molecule has 114 valence electrons. The second kappa shape index (κ2) is 7.48. The summed E-state index contributed by atoms with van der Waals surface area (Å²) in [5.41, 5.74) is -1.22. The third-order valence-corrected chi connectivity index (χ3v) is 3.70. The van der Waals surface area contributed by atoms with Crippen LogP contribution in [0.4, 0.5) is 8.78 Å². The van der Waals surface area contributed by atoms with Crippen LogP contribution in [-0.2, 0) is 6.42 Å². The van der Waals surface area contributed by atoms with Gasteiger partial charge in [0.2, 0.25) is 0 Å². The fourth-order valence-electron chi connectivity index (χ4n) is 1.95. The molecular weight excluding hydrogens is 328 g/mol. The van der Waals surface area contributed by atoms with Crippen LogP contribution in [-0.4, -0.2) is 23.8 Å². The number of aliphatic hydroxyl groups is 1. The zero-order chi connectivity index (χ0) is 15.3. The lowest BCUT2D eigenvalue weighted by molar-refractivity contribution is 0.0495. The molecule has 0 aliphatic rings. The highest BCUT2D eigenvalue weighted by molar-refractivity contribution is 9.10. The van der Waals surface area contributed by atoms with Crippen LogP contribution in [0.3, 0.4) is 0 Å². The van der Waals surface area contributed by atoms with Gasteiger partial charge in [-0.15, -0.1) is 0 Å².